The average molecular weight is 322 g/mol. The molecule has 5 heteroatoms. The predicted molar refractivity (Wildman–Crippen MR) is 95.1 cm³/mol. The zero-order valence-corrected chi connectivity index (χ0v) is 13.9. The summed E-state index contributed by atoms with van der Waals surface area (Å²) in [6.45, 7) is 4.38. The topological polar surface area (TPSA) is 63.0 Å². The van der Waals surface area contributed by atoms with E-state index in [9.17, 15) is 5.11 Å². The molecule has 0 saturated heterocycles. The minimum absolute atomic E-state index is 0.0374. The number of anilines is 2. The second-order valence-corrected chi connectivity index (χ2v) is 6.12. The molecule has 0 aliphatic rings. The van der Waals surface area contributed by atoms with Crippen molar-refractivity contribution in [2.24, 2.45) is 5.92 Å². The molecule has 0 aliphatic carbocycles. The fourth-order valence-corrected chi connectivity index (χ4v) is 2.91. The van der Waals surface area contributed by atoms with E-state index in [1.54, 1.807) is 6.20 Å². The van der Waals surface area contributed by atoms with Gasteiger partial charge in [-0.1, -0.05) is 32.0 Å². The summed E-state index contributed by atoms with van der Waals surface area (Å²) in [6, 6.07) is 12.2. The van der Waals surface area contributed by atoms with Crippen LogP contribution < -0.4 is 5.32 Å². The minimum atomic E-state index is -0.0374. The highest BCUT2D eigenvalue weighted by molar-refractivity contribution is 5.59. The Hall–Kier alpha value is -2.66. The number of rotatable bonds is 6. The van der Waals surface area contributed by atoms with Crippen molar-refractivity contribution >= 4 is 11.5 Å². The predicted octanol–water partition coefficient (Wildman–Crippen LogP) is 3.76. The van der Waals surface area contributed by atoms with Gasteiger partial charge in [0.2, 0.25) is 0 Å². The summed E-state index contributed by atoms with van der Waals surface area (Å²) in [4.78, 5) is 8.45. The SMILES string of the molecule is CC(C)C(c1ccc(Nc2ncccc2CO)cc1)n1ccnc1. The van der Waals surface area contributed by atoms with Gasteiger partial charge < -0.3 is 15.0 Å². The molecular formula is C19H22N4O. The Morgan fingerprint density at radius 1 is 1.12 bits per heavy atom. The molecule has 3 rings (SSSR count). The molecule has 0 spiro atoms. The Balaban J connectivity index is 1.82. The van der Waals surface area contributed by atoms with Crippen LogP contribution >= 0.6 is 0 Å². The van der Waals surface area contributed by atoms with E-state index in [0.717, 1.165) is 11.3 Å². The third kappa shape index (κ3) is 3.46. The van der Waals surface area contributed by atoms with Crippen LogP contribution in [0.1, 0.15) is 31.0 Å². The third-order valence-corrected chi connectivity index (χ3v) is 4.05. The van der Waals surface area contributed by atoms with Crippen LogP contribution in [0.2, 0.25) is 0 Å². The van der Waals surface area contributed by atoms with Crippen LogP contribution in [0.5, 0.6) is 0 Å². The lowest BCUT2D eigenvalue weighted by Gasteiger charge is -2.23. The quantitative estimate of drug-likeness (QED) is 0.725. The normalized spacial score (nSPS) is 12.3. The summed E-state index contributed by atoms with van der Waals surface area (Å²) >= 11 is 0. The van der Waals surface area contributed by atoms with Gasteiger partial charge in [0.25, 0.3) is 0 Å². The van der Waals surface area contributed by atoms with E-state index < -0.39 is 0 Å². The first-order valence-electron chi connectivity index (χ1n) is 8.08. The monoisotopic (exact) mass is 322 g/mol. The number of nitrogens with zero attached hydrogens (tertiary/aromatic N) is 3. The van der Waals surface area contributed by atoms with E-state index in [2.05, 4.69) is 45.8 Å². The van der Waals surface area contributed by atoms with Crippen LogP contribution in [0.25, 0.3) is 0 Å². The number of nitrogens with one attached hydrogen (secondary N) is 1. The van der Waals surface area contributed by atoms with Gasteiger partial charge in [-0.05, 0) is 29.7 Å². The number of benzene rings is 1. The van der Waals surface area contributed by atoms with Crippen molar-refractivity contribution in [2.75, 3.05) is 5.32 Å². The van der Waals surface area contributed by atoms with Crippen molar-refractivity contribution in [2.45, 2.75) is 26.5 Å². The summed E-state index contributed by atoms with van der Waals surface area (Å²) < 4.78 is 2.13. The van der Waals surface area contributed by atoms with E-state index in [0.29, 0.717) is 11.7 Å². The van der Waals surface area contributed by atoms with Crippen LogP contribution in [0.3, 0.4) is 0 Å². The Morgan fingerprint density at radius 3 is 2.54 bits per heavy atom. The van der Waals surface area contributed by atoms with Crippen LogP contribution in [0, 0.1) is 5.92 Å². The van der Waals surface area contributed by atoms with E-state index in [1.165, 1.54) is 5.56 Å². The zero-order valence-electron chi connectivity index (χ0n) is 13.9. The number of aromatic nitrogens is 3. The van der Waals surface area contributed by atoms with Crippen LogP contribution in [0.15, 0.2) is 61.3 Å². The van der Waals surface area contributed by atoms with Crippen molar-refractivity contribution in [3.63, 3.8) is 0 Å². The molecule has 1 aromatic carbocycles. The van der Waals surface area contributed by atoms with Crippen molar-refractivity contribution in [1.29, 1.82) is 0 Å². The number of aliphatic hydroxyl groups excluding tert-OH is 1. The van der Waals surface area contributed by atoms with Crippen molar-refractivity contribution < 1.29 is 5.11 Å². The van der Waals surface area contributed by atoms with Crippen molar-refractivity contribution in [3.8, 4) is 0 Å². The molecule has 1 atom stereocenters. The Bertz CT molecular complexity index is 766. The molecule has 0 fully saturated rings. The first-order chi connectivity index (χ1) is 11.7. The smallest absolute Gasteiger partial charge is 0.135 e. The fourth-order valence-electron chi connectivity index (χ4n) is 2.91. The van der Waals surface area contributed by atoms with E-state index in [-0.39, 0.29) is 12.6 Å². The van der Waals surface area contributed by atoms with Gasteiger partial charge in [0.05, 0.1) is 19.0 Å². The first kappa shape index (κ1) is 16.2. The molecule has 1 unspecified atom stereocenters. The lowest BCUT2D eigenvalue weighted by atomic mass is 9.95. The molecule has 0 saturated carbocycles. The number of aliphatic hydroxyl groups is 1. The van der Waals surface area contributed by atoms with Crippen LogP contribution in [0.4, 0.5) is 11.5 Å². The molecule has 24 heavy (non-hydrogen) atoms. The molecule has 2 heterocycles. The van der Waals surface area contributed by atoms with E-state index >= 15 is 0 Å². The van der Waals surface area contributed by atoms with Gasteiger partial charge in [0, 0.05) is 29.8 Å². The fraction of sp³-hybridized carbons (Fsp3) is 0.263. The lowest BCUT2D eigenvalue weighted by molar-refractivity contribution is 0.282. The number of imidazole rings is 1. The average Bonchev–Trinajstić information content (AvgIpc) is 3.11. The second-order valence-electron chi connectivity index (χ2n) is 6.12. The Kier molecular flexibility index (Phi) is 4.91. The van der Waals surface area contributed by atoms with Crippen molar-refractivity contribution in [1.82, 2.24) is 14.5 Å². The zero-order chi connectivity index (χ0) is 16.9. The summed E-state index contributed by atoms with van der Waals surface area (Å²) in [5, 5.41) is 12.7. The largest absolute Gasteiger partial charge is 0.392 e. The number of hydrogen-bond acceptors (Lipinski definition) is 4. The summed E-state index contributed by atoms with van der Waals surface area (Å²) in [5.74, 6) is 1.14. The highest BCUT2D eigenvalue weighted by atomic mass is 16.3. The molecular weight excluding hydrogens is 300 g/mol. The van der Waals surface area contributed by atoms with Crippen molar-refractivity contribution in [3.05, 3.63) is 72.4 Å². The molecule has 0 amide bonds. The van der Waals surface area contributed by atoms with Crippen LogP contribution in [-0.2, 0) is 6.61 Å². The Labute approximate surface area is 142 Å². The molecule has 0 bridgehead atoms. The highest BCUT2D eigenvalue weighted by Crippen LogP contribution is 2.28. The van der Waals surface area contributed by atoms with E-state index in [1.807, 2.05) is 43.0 Å². The van der Waals surface area contributed by atoms with E-state index in [4.69, 9.17) is 0 Å². The lowest BCUT2D eigenvalue weighted by Crippen LogP contribution is -2.15. The summed E-state index contributed by atoms with van der Waals surface area (Å²) in [5.41, 5.74) is 2.96. The molecule has 3 aromatic rings. The van der Waals surface area contributed by atoms with Gasteiger partial charge in [-0.25, -0.2) is 9.97 Å². The molecule has 2 N–H and O–H groups in total. The van der Waals surface area contributed by atoms with Gasteiger partial charge in [-0.3, -0.25) is 0 Å². The molecule has 0 radical (unpaired) electrons. The van der Waals surface area contributed by atoms with Gasteiger partial charge in [-0.2, -0.15) is 0 Å². The molecule has 5 nitrogen and oxygen atoms in total. The second kappa shape index (κ2) is 7.27. The maximum atomic E-state index is 9.39. The molecule has 124 valence electrons. The highest BCUT2D eigenvalue weighted by Gasteiger charge is 2.17. The first-order valence-corrected chi connectivity index (χ1v) is 8.08. The molecule has 2 aromatic heterocycles. The molecule has 0 aliphatic heterocycles. The van der Waals surface area contributed by atoms with Gasteiger partial charge in [-0.15, -0.1) is 0 Å². The summed E-state index contributed by atoms with van der Waals surface area (Å²) in [7, 11) is 0. The van der Waals surface area contributed by atoms with Gasteiger partial charge >= 0.3 is 0 Å². The number of hydrogen-bond donors (Lipinski definition) is 2. The van der Waals surface area contributed by atoms with Gasteiger partial charge in [0.15, 0.2) is 0 Å². The minimum Gasteiger partial charge on any atom is -0.392 e. The summed E-state index contributed by atoms with van der Waals surface area (Å²) in [6.07, 6.45) is 7.38. The van der Waals surface area contributed by atoms with Crippen LogP contribution in [-0.4, -0.2) is 19.6 Å². The standard InChI is InChI=1S/C19H22N4O/c1-14(2)18(23-11-10-20-13-23)15-5-7-17(8-6-15)22-19-16(12-24)4-3-9-21-19/h3-11,13-14,18,24H,12H2,1-2H3,(H,21,22). The Morgan fingerprint density at radius 2 is 1.92 bits per heavy atom. The maximum absolute atomic E-state index is 9.39. The van der Waals surface area contributed by atoms with Gasteiger partial charge in [0.1, 0.15) is 5.82 Å². The third-order valence-electron chi connectivity index (χ3n) is 4.05. The maximum Gasteiger partial charge on any atom is 0.135 e. The number of pyridine rings is 1.